The Kier molecular flexibility index (Phi) is 6.02. The van der Waals surface area contributed by atoms with E-state index in [1.165, 1.54) is 0 Å². The normalized spacial score (nSPS) is 16.0. The lowest BCUT2D eigenvalue weighted by molar-refractivity contribution is -0.118. The van der Waals surface area contributed by atoms with Gasteiger partial charge in [0.2, 0.25) is 12.3 Å². The van der Waals surface area contributed by atoms with Crippen LogP contribution < -0.4 is 5.32 Å². The maximum Gasteiger partial charge on any atom is 0.242 e. The molecule has 1 saturated carbocycles. The number of anilines is 1. The van der Waals surface area contributed by atoms with Crippen molar-refractivity contribution in [1.82, 2.24) is 0 Å². The van der Waals surface area contributed by atoms with Crippen LogP contribution in [0.2, 0.25) is 0 Å². The number of amides is 1. The molecule has 1 radical (unpaired) electrons. The van der Waals surface area contributed by atoms with Crippen LogP contribution in [0.5, 0.6) is 0 Å². The van der Waals surface area contributed by atoms with E-state index in [4.69, 9.17) is 0 Å². The fraction of sp³-hybridized carbons (Fsp3) is 0.364. The lowest BCUT2D eigenvalue weighted by atomic mass is 9.83. The molecule has 1 fully saturated rings. The van der Waals surface area contributed by atoms with E-state index >= 15 is 0 Å². The fourth-order valence-electron chi connectivity index (χ4n) is 3.84. The van der Waals surface area contributed by atoms with Crippen molar-refractivity contribution in [1.29, 1.82) is 0 Å². The van der Waals surface area contributed by atoms with E-state index in [-0.39, 0.29) is 18.2 Å². The van der Waals surface area contributed by atoms with Gasteiger partial charge in [-0.05, 0) is 54.5 Å². The highest BCUT2D eigenvalue weighted by atomic mass is 19.3. The Morgan fingerprint density at radius 1 is 1.12 bits per heavy atom. The highest BCUT2D eigenvalue weighted by molar-refractivity contribution is 5.96. The second-order valence-corrected chi connectivity index (χ2v) is 7.05. The number of benzene rings is 2. The van der Waals surface area contributed by atoms with Crippen LogP contribution in [0.15, 0.2) is 48.5 Å². The number of nitrogens with one attached hydrogen (secondary N) is 1. The Morgan fingerprint density at radius 2 is 1.81 bits per heavy atom. The summed E-state index contributed by atoms with van der Waals surface area (Å²) in [5.41, 5.74) is 3.08. The van der Waals surface area contributed by atoms with Gasteiger partial charge in [0.1, 0.15) is 0 Å². The number of hydrogen-bond donors (Lipinski definition) is 1. The maximum atomic E-state index is 13.0. The van der Waals surface area contributed by atoms with Gasteiger partial charge in [-0.25, -0.2) is 8.78 Å². The molecule has 1 N–H and O–H groups in total. The molecular formula is C22H24F2NO. The van der Waals surface area contributed by atoms with Gasteiger partial charge in [0.25, 0.3) is 0 Å². The molecule has 0 bridgehead atoms. The first-order chi connectivity index (χ1) is 12.5. The van der Waals surface area contributed by atoms with E-state index < -0.39 is 6.43 Å². The van der Waals surface area contributed by atoms with Gasteiger partial charge in [-0.1, -0.05) is 49.2 Å². The summed E-state index contributed by atoms with van der Waals surface area (Å²) in [4.78, 5) is 13.0. The van der Waals surface area contributed by atoms with Gasteiger partial charge >= 0.3 is 0 Å². The molecule has 0 aliphatic heterocycles. The van der Waals surface area contributed by atoms with Crippen LogP contribution in [0, 0.1) is 12.8 Å². The van der Waals surface area contributed by atoms with Crippen molar-refractivity contribution >= 4 is 11.6 Å². The van der Waals surface area contributed by atoms with Crippen molar-refractivity contribution in [2.75, 3.05) is 5.32 Å². The third kappa shape index (κ3) is 4.69. The summed E-state index contributed by atoms with van der Waals surface area (Å²) in [6.45, 7) is 3.89. The molecule has 1 unspecified atom stereocenters. The lowest BCUT2D eigenvalue weighted by Crippen LogP contribution is -2.26. The lowest BCUT2D eigenvalue weighted by Gasteiger charge is -2.23. The number of halogens is 2. The topological polar surface area (TPSA) is 29.1 Å². The number of carbonyl (C=O) groups excluding carboxylic acids is 1. The van der Waals surface area contributed by atoms with Crippen LogP contribution in [-0.4, -0.2) is 12.3 Å². The van der Waals surface area contributed by atoms with Crippen LogP contribution in [0.1, 0.15) is 48.3 Å². The van der Waals surface area contributed by atoms with E-state index in [0.717, 1.165) is 42.5 Å². The summed E-state index contributed by atoms with van der Waals surface area (Å²) < 4.78 is 25.1. The van der Waals surface area contributed by atoms with Gasteiger partial charge < -0.3 is 5.32 Å². The molecule has 26 heavy (non-hydrogen) atoms. The van der Waals surface area contributed by atoms with Crippen molar-refractivity contribution in [3.63, 3.8) is 0 Å². The van der Waals surface area contributed by atoms with Crippen molar-refractivity contribution in [3.8, 4) is 0 Å². The second-order valence-electron chi connectivity index (χ2n) is 7.05. The zero-order valence-corrected chi connectivity index (χ0v) is 14.8. The number of rotatable bonds is 6. The minimum atomic E-state index is -2.36. The molecule has 4 heteroatoms. The fourth-order valence-corrected chi connectivity index (χ4v) is 3.84. The molecule has 0 spiro atoms. The summed E-state index contributed by atoms with van der Waals surface area (Å²) in [6.07, 6.45) is 1.69. The molecule has 1 amide bonds. The summed E-state index contributed by atoms with van der Waals surface area (Å²) in [5.74, 6) is -0.00503. The van der Waals surface area contributed by atoms with Crippen LogP contribution in [0.25, 0.3) is 0 Å². The smallest absolute Gasteiger partial charge is 0.242 e. The quantitative estimate of drug-likeness (QED) is 0.718. The molecular weight excluding hydrogens is 332 g/mol. The predicted molar refractivity (Wildman–Crippen MR) is 100 cm³/mol. The van der Waals surface area contributed by atoms with Gasteiger partial charge in [0, 0.05) is 12.1 Å². The van der Waals surface area contributed by atoms with E-state index in [2.05, 4.69) is 12.2 Å². The van der Waals surface area contributed by atoms with Gasteiger partial charge in [-0.2, -0.15) is 0 Å². The summed E-state index contributed by atoms with van der Waals surface area (Å²) >= 11 is 0. The SMILES string of the molecule is [CH2]c1cccc(NC(=O)C(c2ccc(CC(F)F)cc2)C2CCCC2)c1. The highest BCUT2D eigenvalue weighted by Crippen LogP contribution is 2.38. The molecule has 2 aromatic carbocycles. The Bertz CT molecular complexity index is 736. The first kappa shape index (κ1) is 18.6. The maximum absolute atomic E-state index is 13.0. The molecule has 0 heterocycles. The molecule has 0 saturated heterocycles. The van der Waals surface area contributed by atoms with Crippen LogP contribution in [-0.2, 0) is 11.2 Å². The third-order valence-electron chi connectivity index (χ3n) is 5.08. The van der Waals surface area contributed by atoms with Crippen molar-refractivity contribution < 1.29 is 13.6 Å². The third-order valence-corrected chi connectivity index (χ3v) is 5.08. The summed E-state index contributed by atoms with van der Waals surface area (Å²) in [5, 5.41) is 3.01. The second kappa shape index (κ2) is 8.43. The zero-order valence-electron chi connectivity index (χ0n) is 14.8. The molecule has 1 atom stereocenters. The van der Waals surface area contributed by atoms with E-state index in [1.807, 2.05) is 36.4 Å². The van der Waals surface area contributed by atoms with Crippen molar-refractivity contribution in [2.45, 2.75) is 44.4 Å². The zero-order chi connectivity index (χ0) is 18.5. The highest BCUT2D eigenvalue weighted by Gasteiger charge is 2.32. The predicted octanol–water partition coefficient (Wildman–Crippen LogP) is 5.59. The number of hydrogen-bond acceptors (Lipinski definition) is 1. The summed E-state index contributed by atoms with van der Waals surface area (Å²) in [7, 11) is 0. The largest absolute Gasteiger partial charge is 0.326 e. The Balaban J connectivity index is 1.81. The van der Waals surface area contributed by atoms with E-state index in [1.54, 1.807) is 12.1 Å². The monoisotopic (exact) mass is 356 g/mol. The van der Waals surface area contributed by atoms with Crippen LogP contribution in [0.3, 0.4) is 0 Å². The van der Waals surface area contributed by atoms with E-state index in [9.17, 15) is 13.6 Å². The van der Waals surface area contributed by atoms with Gasteiger partial charge in [-0.15, -0.1) is 0 Å². The Morgan fingerprint density at radius 3 is 2.42 bits per heavy atom. The molecule has 1 aliphatic rings. The number of carbonyl (C=O) groups is 1. The standard InChI is InChI=1S/C22H24F2NO/c1-15-5-4-8-19(13-15)25-22(26)21(17-6-2-3-7-17)18-11-9-16(10-12-18)14-20(23)24/h4-5,8-13,17,20-21H,1-3,6-7,14H2,(H,25,26). The first-order valence-corrected chi connectivity index (χ1v) is 9.13. The minimum absolute atomic E-state index is 0.0379. The van der Waals surface area contributed by atoms with E-state index in [0.29, 0.717) is 11.5 Å². The number of alkyl halides is 2. The molecule has 3 rings (SSSR count). The first-order valence-electron chi connectivity index (χ1n) is 9.13. The molecule has 2 aromatic rings. The van der Waals surface area contributed by atoms with Gasteiger partial charge in [-0.3, -0.25) is 4.79 Å². The van der Waals surface area contributed by atoms with Gasteiger partial charge in [0.05, 0.1) is 5.92 Å². The van der Waals surface area contributed by atoms with Crippen LogP contribution >= 0.6 is 0 Å². The van der Waals surface area contributed by atoms with Crippen molar-refractivity contribution in [2.24, 2.45) is 5.92 Å². The average molecular weight is 356 g/mol. The minimum Gasteiger partial charge on any atom is -0.326 e. The molecule has 1 aliphatic carbocycles. The van der Waals surface area contributed by atoms with Gasteiger partial charge in [0.15, 0.2) is 0 Å². The van der Waals surface area contributed by atoms with Crippen molar-refractivity contribution in [3.05, 3.63) is 72.1 Å². The Hall–Kier alpha value is -2.23. The summed E-state index contributed by atoms with van der Waals surface area (Å²) in [6, 6.07) is 14.5. The average Bonchev–Trinajstić information content (AvgIpc) is 3.10. The van der Waals surface area contributed by atoms with Crippen LogP contribution in [0.4, 0.5) is 14.5 Å². The molecule has 2 nitrogen and oxygen atoms in total. The Labute approximate surface area is 153 Å². The molecule has 137 valence electrons. The molecule has 0 aromatic heterocycles.